The van der Waals surface area contributed by atoms with Crippen molar-refractivity contribution in [2.45, 2.75) is 32.6 Å². The predicted octanol–water partition coefficient (Wildman–Crippen LogP) is 2.48. The Bertz CT molecular complexity index is 532. The molecular formula is C19H29N3O. The first-order valence-corrected chi connectivity index (χ1v) is 8.86. The summed E-state index contributed by atoms with van der Waals surface area (Å²) in [6.45, 7) is 7.14. The maximum Gasteiger partial charge on any atom is 0.193 e. The number of benzene rings is 1. The first kappa shape index (κ1) is 16.3. The summed E-state index contributed by atoms with van der Waals surface area (Å²) in [7, 11) is 1.88. The molecule has 4 nitrogen and oxygen atoms in total. The van der Waals surface area contributed by atoms with E-state index in [0.717, 1.165) is 51.6 Å². The first-order chi connectivity index (χ1) is 11.2. The fraction of sp³-hybridized carbons (Fsp3) is 0.632. The van der Waals surface area contributed by atoms with Crippen LogP contribution in [0.3, 0.4) is 0 Å². The summed E-state index contributed by atoms with van der Waals surface area (Å²) < 4.78 is 5.61. The lowest BCUT2D eigenvalue weighted by Gasteiger charge is -2.25. The summed E-state index contributed by atoms with van der Waals surface area (Å²) in [4.78, 5) is 6.87. The van der Waals surface area contributed by atoms with Crippen LogP contribution in [-0.4, -0.2) is 50.8 Å². The van der Waals surface area contributed by atoms with Crippen molar-refractivity contribution in [1.82, 2.24) is 10.2 Å². The van der Waals surface area contributed by atoms with E-state index in [1.165, 1.54) is 24.0 Å². The lowest BCUT2D eigenvalue weighted by molar-refractivity contribution is 0.156. The minimum absolute atomic E-state index is 0.383. The Morgan fingerprint density at radius 2 is 2.04 bits per heavy atom. The van der Waals surface area contributed by atoms with Gasteiger partial charge in [-0.3, -0.25) is 4.99 Å². The molecule has 2 saturated heterocycles. The molecule has 0 amide bonds. The van der Waals surface area contributed by atoms with Crippen molar-refractivity contribution in [1.29, 1.82) is 0 Å². The molecule has 23 heavy (non-hydrogen) atoms. The summed E-state index contributed by atoms with van der Waals surface area (Å²) in [5.41, 5.74) is 3.17. The molecule has 1 aromatic rings. The van der Waals surface area contributed by atoms with Crippen molar-refractivity contribution < 1.29 is 4.74 Å². The standard InChI is InChI=1S/C19H29N3O/c1-3-16-4-6-17(7-5-16)8-11-21-18(20-2)22-12-9-19(14-22)10-13-23-15-19/h4-7H,3,8-15H2,1-2H3,(H,20,21). The average Bonchev–Trinajstić information content (AvgIpc) is 3.22. The number of likely N-dealkylation sites (tertiary alicyclic amines) is 1. The summed E-state index contributed by atoms with van der Waals surface area (Å²) in [5.74, 6) is 1.04. The third kappa shape index (κ3) is 3.86. The molecule has 4 heteroatoms. The summed E-state index contributed by atoms with van der Waals surface area (Å²) >= 11 is 0. The highest BCUT2D eigenvalue weighted by Crippen LogP contribution is 2.38. The zero-order chi connectivity index (χ0) is 16.1. The van der Waals surface area contributed by atoms with E-state index >= 15 is 0 Å². The fourth-order valence-electron chi connectivity index (χ4n) is 3.68. The van der Waals surface area contributed by atoms with Gasteiger partial charge in [-0.15, -0.1) is 0 Å². The van der Waals surface area contributed by atoms with Gasteiger partial charge in [-0.05, 0) is 36.8 Å². The molecule has 1 aromatic carbocycles. The van der Waals surface area contributed by atoms with Crippen LogP contribution in [0.4, 0.5) is 0 Å². The highest BCUT2D eigenvalue weighted by molar-refractivity contribution is 5.80. The van der Waals surface area contributed by atoms with Crippen LogP contribution in [0.15, 0.2) is 29.3 Å². The minimum atomic E-state index is 0.383. The number of guanidine groups is 1. The van der Waals surface area contributed by atoms with Crippen molar-refractivity contribution in [3.8, 4) is 0 Å². The Morgan fingerprint density at radius 3 is 2.70 bits per heavy atom. The van der Waals surface area contributed by atoms with E-state index in [4.69, 9.17) is 4.74 Å². The monoisotopic (exact) mass is 315 g/mol. The molecule has 0 bridgehead atoms. The summed E-state index contributed by atoms with van der Waals surface area (Å²) in [6, 6.07) is 8.94. The quantitative estimate of drug-likeness (QED) is 0.685. The molecule has 126 valence electrons. The van der Waals surface area contributed by atoms with Crippen LogP contribution in [-0.2, 0) is 17.6 Å². The van der Waals surface area contributed by atoms with Gasteiger partial charge in [0.2, 0.25) is 0 Å². The molecule has 2 heterocycles. The number of aliphatic imine (C=N–C) groups is 1. The third-order valence-corrected chi connectivity index (χ3v) is 5.26. The number of aryl methyl sites for hydroxylation is 1. The fourth-order valence-corrected chi connectivity index (χ4v) is 3.68. The van der Waals surface area contributed by atoms with Crippen molar-refractivity contribution >= 4 is 5.96 Å². The maximum absolute atomic E-state index is 5.61. The molecule has 2 aliphatic heterocycles. The molecular weight excluding hydrogens is 286 g/mol. The van der Waals surface area contributed by atoms with Crippen LogP contribution in [0, 0.1) is 5.41 Å². The Morgan fingerprint density at radius 1 is 1.26 bits per heavy atom. The Labute approximate surface area is 139 Å². The van der Waals surface area contributed by atoms with E-state index in [1.807, 2.05) is 7.05 Å². The zero-order valence-corrected chi connectivity index (χ0v) is 14.5. The van der Waals surface area contributed by atoms with Gasteiger partial charge in [0.25, 0.3) is 0 Å². The minimum Gasteiger partial charge on any atom is -0.381 e. The van der Waals surface area contributed by atoms with Gasteiger partial charge >= 0.3 is 0 Å². The van der Waals surface area contributed by atoms with Crippen LogP contribution < -0.4 is 5.32 Å². The van der Waals surface area contributed by atoms with Crippen LogP contribution >= 0.6 is 0 Å². The molecule has 0 aliphatic carbocycles. The molecule has 1 N–H and O–H groups in total. The molecule has 1 atom stereocenters. The second kappa shape index (κ2) is 7.35. The predicted molar refractivity (Wildman–Crippen MR) is 94.9 cm³/mol. The van der Waals surface area contributed by atoms with Gasteiger partial charge in [-0.1, -0.05) is 31.2 Å². The Hall–Kier alpha value is -1.55. The maximum atomic E-state index is 5.61. The molecule has 2 aliphatic rings. The smallest absolute Gasteiger partial charge is 0.193 e. The van der Waals surface area contributed by atoms with Crippen molar-refractivity contribution in [2.75, 3.05) is 39.9 Å². The number of hydrogen-bond donors (Lipinski definition) is 1. The molecule has 1 unspecified atom stereocenters. The number of hydrogen-bond acceptors (Lipinski definition) is 2. The normalized spacial score (nSPS) is 24.6. The van der Waals surface area contributed by atoms with Gasteiger partial charge in [0, 0.05) is 38.7 Å². The molecule has 0 radical (unpaired) electrons. The van der Waals surface area contributed by atoms with Crippen LogP contribution in [0.5, 0.6) is 0 Å². The highest BCUT2D eigenvalue weighted by atomic mass is 16.5. The summed E-state index contributed by atoms with van der Waals surface area (Å²) in [6.07, 6.45) is 4.56. The summed E-state index contributed by atoms with van der Waals surface area (Å²) in [5, 5.41) is 3.53. The Balaban J connectivity index is 1.48. The lowest BCUT2D eigenvalue weighted by Crippen LogP contribution is -2.42. The second-order valence-corrected chi connectivity index (χ2v) is 6.87. The van der Waals surface area contributed by atoms with Crippen molar-refractivity contribution in [3.05, 3.63) is 35.4 Å². The Kier molecular flexibility index (Phi) is 5.21. The molecule has 0 saturated carbocycles. The van der Waals surface area contributed by atoms with Gasteiger partial charge in [0.15, 0.2) is 5.96 Å². The highest BCUT2D eigenvalue weighted by Gasteiger charge is 2.42. The van der Waals surface area contributed by atoms with Gasteiger partial charge in [-0.25, -0.2) is 0 Å². The third-order valence-electron chi connectivity index (χ3n) is 5.26. The van der Waals surface area contributed by atoms with E-state index in [2.05, 4.69) is 46.4 Å². The zero-order valence-electron chi connectivity index (χ0n) is 14.5. The van der Waals surface area contributed by atoms with Gasteiger partial charge in [0.1, 0.15) is 0 Å². The van der Waals surface area contributed by atoms with E-state index in [9.17, 15) is 0 Å². The number of nitrogens with one attached hydrogen (secondary N) is 1. The van der Waals surface area contributed by atoms with E-state index < -0.39 is 0 Å². The number of ether oxygens (including phenoxy) is 1. The second-order valence-electron chi connectivity index (χ2n) is 6.87. The van der Waals surface area contributed by atoms with Crippen LogP contribution in [0.2, 0.25) is 0 Å². The van der Waals surface area contributed by atoms with E-state index in [1.54, 1.807) is 0 Å². The first-order valence-electron chi connectivity index (χ1n) is 8.86. The van der Waals surface area contributed by atoms with E-state index in [0.29, 0.717) is 5.41 Å². The molecule has 2 fully saturated rings. The van der Waals surface area contributed by atoms with Crippen molar-refractivity contribution in [3.63, 3.8) is 0 Å². The largest absolute Gasteiger partial charge is 0.381 e. The van der Waals surface area contributed by atoms with Crippen LogP contribution in [0.25, 0.3) is 0 Å². The number of nitrogens with zero attached hydrogens (tertiary/aromatic N) is 2. The topological polar surface area (TPSA) is 36.9 Å². The molecule has 1 spiro atoms. The molecule has 3 rings (SSSR count). The molecule has 0 aromatic heterocycles. The SMILES string of the molecule is CCc1ccc(CCNC(=NC)N2CCC3(CCOC3)C2)cc1. The van der Waals surface area contributed by atoms with Crippen LogP contribution in [0.1, 0.15) is 30.9 Å². The van der Waals surface area contributed by atoms with Gasteiger partial charge in [0.05, 0.1) is 6.61 Å². The number of rotatable bonds is 4. The van der Waals surface area contributed by atoms with Gasteiger partial charge < -0.3 is 15.0 Å². The van der Waals surface area contributed by atoms with E-state index in [-0.39, 0.29) is 0 Å². The van der Waals surface area contributed by atoms with Crippen molar-refractivity contribution in [2.24, 2.45) is 10.4 Å². The van der Waals surface area contributed by atoms with Gasteiger partial charge in [-0.2, -0.15) is 0 Å². The lowest BCUT2D eigenvalue weighted by atomic mass is 9.87. The average molecular weight is 315 g/mol.